The highest BCUT2D eigenvalue weighted by molar-refractivity contribution is 6.10. The molecule has 5 nitrogen and oxygen atoms in total. The van der Waals surface area contributed by atoms with E-state index in [0.29, 0.717) is 23.4 Å². The van der Waals surface area contributed by atoms with Crippen molar-refractivity contribution in [3.8, 4) is 5.75 Å². The summed E-state index contributed by atoms with van der Waals surface area (Å²) in [5, 5.41) is 12.6. The number of nitrogens with one attached hydrogen (secondary N) is 1. The van der Waals surface area contributed by atoms with Gasteiger partial charge in [0.05, 0.1) is 18.2 Å². The SMILES string of the molecule is COc1ccccc1C(=O)/C=C1\NC(C)(C)Cc2cc(C(=O)O)ccc21. The van der Waals surface area contributed by atoms with Gasteiger partial charge in [0, 0.05) is 22.9 Å². The summed E-state index contributed by atoms with van der Waals surface area (Å²) in [6.45, 7) is 4.04. The van der Waals surface area contributed by atoms with E-state index in [1.807, 2.05) is 19.9 Å². The molecular formula is C21H21NO4. The van der Waals surface area contributed by atoms with Gasteiger partial charge in [-0.05, 0) is 50.1 Å². The van der Waals surface area contributed by atoms with Crippen LogP contribution >= 0.6 is 0 Å². The second-order valence-corrected chi connectivity index (χ2v) is 6.99. The van der Waals surface area contributed by atoms with Gasteiger partial charge in [-0.3, -0.25) is 4.79 Å². The van der Waals surface area contributed by atoms with E-state index >= 15 is 0 Å². The average Bonchev–Trinajstić information content (AvgIpc) is 2.60. The average molecular weight is 351 g/mol. The number of methoxy groups -OCH3 is 1. The van der Waals surface area contributed by atoms with Gasteiger partial charge in [0.15, 0.2) is 5.78 Å². The van der Waals surface area contributed by atoms with Crippen LogP contribution in [-0.2, 0) is 6.42 Å². The minimum atomic E-state index is -0.959. The standard InChI is InChI=1S/C21H21NO4/c1-21(2)12-14-10-13(20(24)25)8-9-15(14)17(22-21)11-18(23)16-6-4-5-7-19(16)26-3/h4-11,22H,12H2,1-3H3,(H,24,25)/b17-11-. The molecule has 0 bridgehead atoms. The molecule has 0 amide bonds. The van der Waals surface area contributed by atoms with Crippen molar-refractivity contribution in [2.24, 2.45) is 0 Å². The van der Waals surface area contributed by atoms with Crippen molar-refractivity contribution >= 4 is 17.4 Å². The summed E-state index contributed by atoms with van der Waals surface area (Å²) in [6.07, 6.45) is 2.22. The minimum absolute atomic E-state index is 0.170. The van der Waals surface area contributed by atoms with Crippen LogP contribution in [0.15, 0.2) is 48.5 Å². The number of fused-ring (bicyclic) bond motifs is 1. The number of aromatic carboxylic acids is 1. The molecule has 0 spiro atoms. The molecule has 0 aromatic heterocycles. The van der Waals surface area contributed by atoms with E-state index in [9.17, 15) is 14.7 Å². The second kappa shape index (κ2) is 6.67. The third-order valence-electron chi connectivity index (χ3n) is 4.40. The smallest absolute Gasteiger partial charge is 0.335 e. The summed E-state index contributed by atoms with van der Waals surface area (Å²) in [4.78, 5) is 24.1. The molecule has 3 rings (SSSR count). The number of rotatable bonds is 4. The number of ketones is 1. The Kier molecular flexibility index (Phi) is 4.55. The fourth-order valence-electron chi connectivity index (χ4n) is 3.26. The third-order valence-corrected chi connectivity index (χ3v) is 4.40. The summed E-state index contributed by atoms with van der Waals surface area (Å²) < 4.78 is 5.27. The van der Waals surface area contributed by atoms with Gasteiger partial charge >= 0.3 is 5.97 Å². The lowest BCUT2D eigenvalue weighted by molar-refractivity contribution is 0.0696. The summed E-state index contributed by atoms with van der Waals surface area (Å²) in [5.74, 6) is -0.610. The highest BCUT2D eigenvalue weighted by atomic mass is 16.5. The number of carbonyl (C=O) groups is 2. The van der Waals surface area contributed by atoms with E-state index in [0.717, 1.165) is 11.1 Å². The molecule has 1 heterocycles. The zero-order valence-electron chi connectivity index (χ0n) is 15.0. The van der Waals surface area contributed by atoms with E-state index in [2.05, 4.69) is 5.32 Å². The Balaban J connectivity index is 2.06. The van der Waals surface area contributed by atoms with Crippen LogP contribution in [0.2, 0.25) is 0 Å². The van der Waals surface area contributed by atoms with E-state index in [4.69, 9.17) is 4.74 Å². The van der Waals surface area contributed by atoms with Crippen LogP contribution in [0.5, 0.6) is 5.75 Å². The lowest BCUT2D eigenvalue weighted by atomic mass is 9.84. The highest BCUT2D eigenvalue weighted by Crippen LogP contribution is 2.31. The number of carboxylic acids is 1. The van der Waals surface area contributed by atoms with Crippen LogP contribution in [-0.4, -0.2) is 29.5 Å². The van der Waals surface area contributed by atoms with Crippen molar-refractivity contribution in [1.29, 1.82) is 0 Å². The summed E-state index contributed by atoms with van der Waals surface area (Å²) >= 11 is 0. The number of benzene rings is 2. The number of allylic oxidation sites excluding steroid dienone is 1. The number of para-hydroxylation sites is 1. The van der Waals surface area contributed by atoms with E-state index < -0.39 is 5.97 Å². The van der Waals surface area contributed by atoms with Gasteiger partial charge in [0.1, 0.15) is 5.75 Å². The highest BCUT2D eigenvalue weighted by Gasteiger charge is 2.29. The second-order valence-electron chi connectivity index (χ2n) is 6.99. The Morgan fingerprint density at radius 1 is 1.19 bits per heavy atom. The molecule has 0 atom stereocenters. The number of carbonyl (C=O) groups excluding carboxylic acids is 1. The summed E-state index contributed by atoms with van der Waals surface area (Å²) in [5.41, 5.74) is 2.87. The Hall–Kier alpha value is -3.08. The molecule has 1 aliphatic heterocycles. The summed E-state index contributed by atoms with van der Waals surface area (Å²) in [6, 6.07) is 12.1. The quantitative estimate of drug-likeness (QED) is 0.651. The van der Waals surface area contributed by atoms with Gasteiger partial charge in [-0.25, -0.2) is 4.79 Å². The predicted molar refractivity (Wildman–Crippen MR) is 99.6 cm³/mol. The largest absolute Gasteiger partial charge is 0.496 e. The Morgan fingerprint density at radius 2 is 1.92 bits per heavy atom. The molecule has 1 aliphatic rings. The van der Waals surface area contributed by atoms with Crippen LogP contribution in [0.3, 0.4) is 0 Å². The maximum atomic E-state index is 12.8. The monoisotopic (exact) mass is 351 g/mol. The third kappa shape index (κ3) is 3.47. The van der Waals surface area contributed by atoms with E-state index in [-0.39, 0.29) is 16.9 Å². The van der Waals surface area contributed by atoms with E-state index in [1.54, 1.807) is 42.5 Å². The van der Waals surface area contributed by atoms with Gasteiger partial charge in [0.2, 0.25) is 0 Å². The fraction of sp³-hybridized carbons (Fsp3) is 0.238. The number of hydrogen-bond acceptors (Lipinski definition) is 4. The van der Waals surface area contributed by atoms with Crippen LogP contribution in [0.1, 0.15) is 45.7 Å². The zero-order chi connectivity index (χ0) is 18.9. The first-order valence-electron chi connectivity index (χ1n) is 8.34. The maximum absolute atomic E-state index is 12.8. The van der Waals surface area contributed by atoms with Crippen LogP contribution in [0, 0.1) is 0 Å². The van der Waals surface area contributed by atoms with Gasteiger partial charge in [-0.1, -0.05) is 18.2 Å². The number of carboxylic acid groups (broad SMARTS) is 1. The van der Waals surface area contributed by atoms with Crippen molar-refractivity contribution in [2.75, 3.05) is 7.11 Å². The summed E-state index contributed by atoms with van der Waals surface area (Å²) in [7, 11) is 1.53. The molecule has 0 fully saturated rings. The molecule has 2 N–H and O–H groups in total. The van der Waals surface area contributed by atoms with Crippen LogP contribution in [0.4, 0.5) is 0 Å². The van der Waals surface area contributed by atoms with Crippen molar-refractivity contribution in [3.63, 3.8) is 0 Å². The molecule has 26 heavy (non-hydrogen) atoms. The first kappa shape index (κ1) is 17.7. The van der Waals surface area contributed by atoms with Gasteiger partial charge in [-0.2, -0.15) is 0 Å². The Labute approximate surface area is 152 Å². The van der Waals surface area contributed by atoms with Crippen molar-refractivity contribution in [2.45, 2.75) is 25.8 Å². The van der Waals surface area contributed by atoms with Gasteiger partial charge in [-0.15, -0.1) is 0 Å². The normalized spacial score (nSPS) is 16.5. The van der Waals surface area contributed by atoms with Gasteiger partial charge in [0.25, 0.3) is 0 Å². The topological polar surface area (TPSA) is 75.6 Å². The molecule has 0 aliphatic carbocycles. The molecule has 5 heteroatoms. The van der Waals surface area contributed by atoms with Crippen molar-refractivity contribution in [3.05, 3.63) is 70.8 Å². The molecule has 2 aromatic carbocycles. The Morgan fingerprint density at radius 3 is 2.62 bits per heavy atom. The first-order valence-corrected chi connectivity index (χ1v) is 8.34. The minimum Gasteiger partial charge on any atom is -0.496 e. The molecule has 2 aromatic rings. The fourth-order valence-corrected chi connectivity index (χ4v) is 3.26. The molecule has 0 saturated heterocycles. The molecule has 134 valence electrons. The molecular weight excluding hydrogens is 330 g/mol. The number of hydrogen-bond donors (Lipinski definition) is 2. The first-order chi connectivity index (χ1) is 12.3. The number of ether oxygens (including phenoxy) is 1. The van der Waals surface area contributed by atoms with Crippen LogP contribution in [0.25, 0.3) is 5.70 Å². The predicted octanol–water partition coefficient (Wildman–Crippen LogP) is 3.54. The van der Waals surface area contributed by atoms with Crippen molar-refractivity contribution < 1.29 is 19.4 Å². The zero-order valence-corrected chi connectivity index (χ0v) is 15.0. The Bertz CT molecular complexity index is 912. The molecule has 0 unspecified atom stereocenters. The lowest BCUT2D eigenvalue weighted by Gasteiger charge is -2.35. The molecule has 0 radical (unpaired) electrons. The lowest BCUT2D eigenvalue weighted by Crippen LogP contribution is -2.44. The van der Waals surface area contributed by atoms with E-state index in [1.165, 1.54) is 7.11 Å². The maximum Gasteiger partial charge on any atom is 0.335 e. The van der Waals surface area contributed by atoms with Crippen molar-refractivity contribution in [1.82, 2.24) is 5.32 Å². The van der Waals surface area contributed by atoms with Gasteiger partial charge < -0.3 is 15.2 Å². The van der Waals surface area contributed by atoms with Crippen LogP contribution < -0.4 is 10.1 Å². The molecule has 0 saturated carbocycles.